The van der Waals surface area contributed by atoms with Crippen molar-refractivity contribution in [1.82, 2.24) is 4.98 Å². The second-order valence-corrected chi connectivity index (χ2v) is 8.16. The number of nitro groups is 1. The molecule has 1 aliphatic rings. The monoisotopic (exact) mass is 474 g/mol. The van der Waals surface area contributed by atoms with Crippen molar-refractivity contribution < 1.29 is 23.6 Å². The number of fused-ring (bicyclic) bond motifs is 3. The second-order valence-electron chi connectivity index (χ2n) is 8.16. The molecule has 1 unspecified atom stereocenters. The molecule has 0 fully saturated rings. The van der Waals surface area contributed by atoms with Crippen molar-refractivity contribution in [2.75, 3.05) is 0 Å². The molecule has 0 saturated heterocycles. The summed E-state index contributed by atoms with van der Waals surface area (Å²) in [6, 6.07) is 13.7. The van der Waals surface area contributed by atoms with E-state index in [2.05, 4.69) is 4.98 Å². The topological polar surface area (TPSA) is 113 Å². The van der Waals surface area contributed by atoms with Gasteiger partial charge in [-0.3, -0.25) is 14.9 Å². The van der Waals surface area contributed by atoms with Gasteiger partial charge in [0.05, 0.1) is 10.5 Å². The highest BCUT2D eigenvalue weighted by Gasteiger charge is 2.39. The zero-order valence-corrected chi connectivity index (χ0v) is 17.9. The van der Waals surface area contributed by atoms with Crippen LogP contribution in [0.25, 0.3) is 16.3 Å². The molecule has 7 nitrogen and oxygen atoms in total. The standard InChI is InChI=1S/C26H16F2N2O5/c27-20-8-7-14(30(34)35)10-13(20)11-18-19-12-21(28)15-4-1-2-5-16(15)22(19)23(24(18)26(32)33)17-6-3-9-29-25(17)31/h1-10,12,18H,11H2,(H,29,31)(H,32,33). The molecule has 1 heterocycles. The number of hydrogen-bond acceptors (Lipinski definition) is 4. The molecular weight excluding hydrogens is 458 g/mol. The van der Waals surface area contributed by atoms with Crippen LogP contribution < -0.4 is 5.56 Å². The molecule has 0 aliphatic heterocycles. The lowest BCUT2D eigenvalue weighted by Crippen LogP contribution is -2.15. The molecule has 1 aromatic heterocycles. The van der Waals surface area contributed by atoms with Gasteiger partial charge < -0.3 is 10.1 Å². The Morgan fingerprint density at radius 1 is 1.03 bits per heavy atom. The van der Waals surface area contributed by atoms with Crippen molar-refractivity contribution in [2.45, 2.75) is 12.3 Å². The molecule has 1 aliphatic carbocycles. The number of aromatic nitrogens is 1. The first-order chi connectivity index (χ1) is 16.8. The Hall–Kier alpha value is -4.66. The summed E-state index contributed by atoms with van der Waals surface area (Å²) in [5, 5.41) is 22.1. The number of halogens is 2. The quantitative estimate of drug-likeness (QED) is 0.314. The fourth-order valence-corrected chi connectivity index (χ4v) is 4.79. The molecule has 0 amide bonds. The van der Waals surface area contributed by atoms with Crippen molar-refractivity contribution in [3.63, 3.8) is 0 Å². The summed E-state index contributed by atoms with van der Waals surface area (Å²) in [6.45, 7) is 0. The van der Waals surface area contributed by atoms with E-state index in [-0.39, 0.29) is 45.3 Å². The van der Waals surface area contributed by atoms with Crippen LogP contribution in [0.5, 0.6) is 0 Å². The number of carboxylic acid groups (broad SMARTS) is 1. The summed E-state index contributed by atoms with van der Waals surface area (Å²) >= 11 is 0. The van der Waals surface area contributed by atoms with Crippen LogP contribution in [0.2, 0.25) is 0 Å². The van der Waals surface area contributed by atoms with Crippen LogP contribution in [0.4, 0.5) is 14.5 Å². The Labute approximate surface area is 196 Å². The van der Waals surface area contributed by atoms with Crippen LogP contribution >= 0.6 is 0 Å². The number of nitrogens with one attached hydrogen (secondary N) is 1. The van der Waals surface area contributed by atoms with Gasteiger partial charge in [-0.15, -0.1) is 0 Å². The number of carboxylic acids is 1. The highest BCUT2D eigenvalue weighted by atomic mass is 19.1. The third-order valence-corrected chi connectivity index (χ3v) is 6.25. The predicted octanol–water partition coefficient (Wildman–Crippen LogP) is 4.94. The molecule has 35 heavy (non-hydrogen) atoms. The fourth-order valence-electron chi connectivity index (χ4n) is 4.79. The maximum absolute atomic E-state index is 15.1. The normalized spacial score (nSPS) is 14.9. The van der Waals surface area contributed by atoms with Crippen LogP contribution in [-0.2, 0) is 11.2 Å². The number of pyridine rings is 1. The van der Waals surface area contributed by atoms with E-state index >= 15 is 4.39 Å². The molecule has 0 bridgehead atoms. The summed E-state index contributed by atoms with van der Waals surface area (Å²) in [7, 11) is 0. The van der Waals surface area contributed by atoms with Gasteiger partial charge in [0.1, 0.15) is 11.6 Å². The number of aliphatic carboxylic acids is 1. The third kappa shape index (κ3) is 3.57. The molecule has 1 atom stereocenters. The van der Waals surface area contributed by atoms with Gasteiger partial charge in [0.2, 0.25) is 0 Å². The van der Waals surface area contributed by atoms with Crippen molar-refractivity contribution in [3.8, 4) is 0 Å². The van der Waals surface area contributed by atoms with Crippen LogP contribution in [0, 0.1) is 21.7 Å². The van der Waals surface area contributed by atoms with Crippen LogP contribution in [0.3, 0.4) is 0 Å². The molecule has 9 heteroatoms. The maximum Gasteiger partial charge on any atom is 0.332 e. The molecule has 0 spiro atoms. The van der Waals surface area contributed by atoms with E-state index in [1.807, 2.05) is 0 Å². The number of benzene rings is 3. The summed E-state index contributed by atoms with van der Waals surface area (Å²) in [5.41, 5.74) is -0.377. The van der Waals surface area contributed by atoms with Gasteiger partial charge in [-0.1, -0.05) is 24.3 Å². The SMILES string of the molecule is O=C(O)C1=C(c2ccc[nH]c2=O)c2c(cc(F)c3ccccc23)C1Cc1cc([N+](=O)[O-])ccc1F. The average molecular weight is 474 g/mol. The largest absolute Gasteiger partial charge is 0.478 e. The molecule has 174 valence electrons. The minimum atomic E-state index is -1.36. The zero-order chi connectivity index (χ0) is 24.9. The van der Waals surface area contributed by atoms with Crippen LogP contribution in [0.15, 0.2) is 77.2 Å². The predicted molar refractivity (Wildman–Crippen MR) is 124 cm³/mol. The summed E-state index contributed by atoms with van der Waals surface area (Å²) < 4.78 is 29.8. The summed E-state index contributed by atoms with van der Waals surface area (Å²) in [6.07, 6.45) is 1.12. The van der Waals surface area contributed by atoms with Crippen LogP contribution in [0.1, 0.15) is 28.2 Å². The van der Waals surface area contributed by atoms with Crippen molar-refractivity contribution in [3.05, 3.63) is 127 Å². The first kappa shape index (κ1) is 22.1. The molecule has 4 aromatic rings. The molecule has 2 N–H and O–H groups in total. The minimum Gasteiger partial charge on any atom is -0.478 e. The van der Waals surface area contributed by atoms with E-state index in [0.29, 0.717) is 10.9 Å². The first-order valence-corrected chi connectivity index (χ1v) is 10.6. The second kappa shape index (κ2) is 8.28. The van der Waals surface area contributed by atoms with Gasteiger partial charge in [0.25, 0.3) is 11.2 Å². The van der Waals surface area contributed by atoms with Crippen molar-refractivity contribution in [1.29, 1.82) is 0 Å². The number of nitro benzene ring substituents is 1. The van der Waals surface area contributed by atoms with Crippen molar-refractivity contribution in [2.24, 2.45) is 0 Å². The fraction of sp³-hybridized carbons (Fsp3) is 0.0769. The van der Waals surface area contributed by atoms with Gasteiger partial charge in [0, 0.05) is 40.8 Å². The Bertz CT molecular complexity index is 1640. The van der Waals surface area contributed by atoms with E-state index in [1.54, 1.807) is 30.3 Å². The maximum atomic E-state index is 15.1. The summed E-state index contributed by atoms with van der Waals surface area (Å²) in [4.78, 5) is 38.4. The Morgan fingerprint density at radius 2 is 1.77 bits per heavy atom. The van der Waals surface area contributed by atoms with Gasteiger partial charge in [-0.25, -0.2) is 13.6 Å². The lowest BCUT2D eigenvalue weighted by Gasteiger charge is -2.16. The number of H-pyrrole nitrogens is 1. The van der Waals surface area contributed by atoms with Crippen LogP contribution in [-0.4, -0.2) is 21.0 Å². The molecule has 5 rings (SSSR count). The smallest absolute Gasteiger partial charge is 0.332 e. The lowest BCUT2D eigenvalue weighted by atomic mass is 9.87. The number of carbonyl (C=O) groups is 1. The number of rotatable bonds is 5. The van der Waals surface area contributed by atoms with E-state index in [0.717, 1.165) is 18.2 Å². The number of aromatic amines is 1. The molecular formula is C26H16F2N2O5. The van der Waals surface area contributed by atoms with E-state index in [9.17, 15) is 29.2 Å². The third-order valence-electron chi connectivity index (χ3n) is 6.25. The summed E-state index contributed by atoms with van der Waals surface area (Å²) in [5.74, 6) is -3.78. The molecule has 0 saturated carbocycles. The van der Waals surface area contributed by atoms with Gasteiger partial charge in [-0.2, -0.15) is 0 Å². The van der Waals surface area contributed by atoms with Crippen molar-refractivity contribution >= 4 is 28.0 Å². The minimum absolute atomic E-state index is 0.0740. The Morgan fingerprint density at radius 3 is 2.46 bits per heavy atom. The van der Waals surface area contributed by atoms with Gasteiger partial charge >= 0.3 is 5.97 Å². The molecule has 3 aromatic carbocycles. The first-order valence-electron chi connectivity index (χ1n) is 10.6. The van der Waals surface area contributed by atoms with Gasteiger partial charge in [0.15, 0.2) is 0 Å². The van der Waals surface area contributed by atoms with E-state index < -0.39 is 34.0 Å². The van der Waals surface area contributed by atoms with Gasteiger partial charge in [-0.05, 0) is 52.8 Å². The lowest BCUT2D eigenvalue weighted by molar-refractivity contribution is -0.385. The van der Waals surface area contributed by atoms with E-state index in [4.69, 9.17) is 0 Å². The average Bonchev–Trinajstić information content (AvgIpc) is 3.15. The highest BCUT2D eigenvalue weighted by molar-refractivity contribution is 6.11. The number of nitrogens with zero attached hydrogens (tertiary/aromatic N) is 1. The number of non-ortho nitro benzene ring substituents is 1. The molecule has 0 radical (unpaired) electrons. The highest BCUT2D eigenvalue weighted by Crippen LogP contribution is 2.49. The zero-order valence-electron chi connectivity index (χ0n) is 17.9. The van der Waals surface area contributed by atoms with E-state index in [1.165, 1.54) is 18.3 Å². The number of hydrogen-bond donors (Lipinski definition) is 2. The Kier molecular flexibility index (Phi) is 5.24. The Balaban J connectivity index is 1.85.